The van der Waals surface area contributed by atoms with Crippen LogP contribution in [0.4, 0.5) is 5.82 Å². The number of ether oxygens (including phenoxy) is 1. The molecule has 0 spiro atoms. The quantitative estimate of drug-likeness (QED) is 0.830. The summed E-state index contributed by atoms with van der Waals surface area (Å²) >= 11 is 3.39. The third kappa shape index (κ3) is 3.10. The minimum Gasteiger partial charge on any atom is -0.459 e. The van der Waals surface area contributed by atoms with E-state index in [1.807, 2.05) is 24.3 Å². The van der Waals surface area contributed by atoms with Crippen LogP contribution >= 0.6 is 15.9 Å². The van der Waals surface area contributed by atoms with Crippen LogP contribution in [0.25, 0.3) is 0 Å². The summed E-state index contributed by atoms with van der Waals surface area (Å²) < 4.78 is 6.03. The van der Waals surface area contributed by atoms with Gasteiger partial charge in [0.05, 0.1) is 5.69 Å². The van der Waals surface area contributed by atoms with Crippen LogP contribution in [0.5, 0.6) is 0 Å². The monoisotopic (exact) mass is 309 g/mol. The van der Waals surface area contributed by atoms with Gasteiger partial charge in [-0.2, -0.15) is 5.10 Å². The molecule has 3 N–H and O–H groups in total. The molecule has 0 fully saturated rings. The molecule has 0 saturated heterocycles. The van der Waals surface area contributed by atoms with Gasteiger partial charge in [0.1, 0.15) is 11.9 Å². The van der Waals surface area contributed by atoms with Gasteiger partial charge in [0.2, 0.25) is 0 Å². The Morgan fingerprint density at radius 2 is 2.33 bits per heavy atom. The zero-order valence-electron chi connectivity index (χ0n) is 9.47. The molecule has 5 nitrogen and oxygen atoms in total. The Balaban J connectivity index is 2.20. The van der Waals surface area contributed by atoms with Crippen molar-refractivity contribution in [2.45, 2.75) is 12.5 Å². The van der Waals surface area contributed by atoms with E-state index in [-0.39, 0.29) is 6.10 Å². The van der Waals surface area contributed by atoms with Gasteiger partial charge in [0.15, 0.2) is 0 Å². The molecule has 1 unspecified atom stereocenters. The Morgan fingerprint density at radius 1 is 1.50 bits per heavy atom. The molecule has 6 heteroatoms. The highest BCUT2D eigenvalue weighted by Crippen LogP contribution is 2.24. The normalized spacial score (nSPS) is 12.1. The minimum atomic E-state index is -0.373. The van der Waals surface area contributed by atoms with Crippen molar-refractivity contribution in [3.05, 3.63) is 46.1 Å². The molecule has 0 aliphatic heterocycles. The third-order valence-electron chi connectivity index (χ3n) is 2.49. The first kappa shape index (κ1) is 12.6. The van der Waals surface area contributed by atoms with E-state index in [9.17, 15) is 4.79 Å². The van der Waals surface area contributed by atoms with Crippen molar-refractivity contribution in [1.82, 2.24) is 10.2 Å². The molecule has 0 amide bonds. The van der Waals surface area contributed by atoms with Gasteiger partial charge in [-0.25, -0.2) is 0 Å². The van der Waals surface area contributed by atoms with E-state index in [1.165, 1.54) is 0 Å². The maximum atomic E-state index is 10.6. The Hall–Kier alpha value is -1.82. The molecule has 1 atom stereocenters. The fourth-order valence-corrected chi connectivity index (χ4v) is 2.11. The number of nitrogens with one attached hydrogen (secondary N) is 1. The first-order valence-electron chi connectivity index (χ1n) is 5.33. The van der Waals surface area contributed by atoms with Crippen LogP contribution in [0.15, 0.2) is 34.8 Å². The largest absolute Gasteiger partial charge is 0.459 e. The number of carbonyl (C=O) groups is 1. The molecule has 2 rings (SSSR count). The number of halogens is 1. The van der Waals surface area contributed by atoms with Crippen molar-refractivity contribution in [2.24, 2.45) is 0 Å². The van der Waals surface area contributed by atoms with Crippen LogP contribution in [0.3, 0.4) is 0 Å². The fraction of sp³-hybridized carbons (Fsp3) is 0.167. The van der Waals surface area contributed by atoms with Crippen LogP contribution in [0.1, 0.15) is 17.4 Å². The summed E-state index contributed by atoms with van der Waals surface area (Å²) in [6.07, 6.45) is 0.103. The van der Waals surface area contributed by atoms with E-state index < -0.39 is 0 Å². The van der Waals surface area contributed by atoms with Gasteiger partial charge in [0.25, 0.3) is 6.47 Å². The number of rotatable bonds is 5. The van der Waals surface area contributed by atoms with E-state index in [2.05, 4.69) is 26.1 Å². The third-order valence-corrected chi connectivity index (χ3v) is 2.98. The summed E-state index contributed by atoms with van der Waals surface area (Å²) in [5.41, 5.74) is 7.21. The number of benzene rings is 1. The number of nitrogens with two attached hydrogens (primary N) is 1. The Kier molecular flexibility index (Phi) is 3.99. The van der Waals surface area contributed by atoms with E-state index in [4.69, 9.17) is 10.5 Å². The van der Waals surface area contributed by atoms with Crippen LogP contribution in [-0.4, -0.2) is 16.7 Å². The first-order valence-corrected chi connectivity index (χ1v) is 6.12. The van der Waals surface area contributed by atoms with Crippen LogP contribution in [0.2, 0.25) is 0 Å². The van der Waals surface area contributed by atoms with Gasteiger partial charge < -0.3 is 10.5 Å². The molecule has 1 aromatic carbocycles. The molecule has 0 saturated carbocycles. The Morgan fingerprint density at radius 3 is 2.94 bits per heavy atom. The summed E-state index contributed by atoms with van der Waals surface area (Å²) in [5, 5.41) is 6.68. The number of aromatic nitrogens is 2. The molecule has 94 valence electrons. The number of anilines is 1. The zero-order chi connectivity index (χ0) is 13.0. The lowest BCUT2D eigenvalue weighted by atomic mass is 10.1. The number of H-pyrrole nitrogens is 1. The van der Waals surface area contributed by atoms with Gasteiger partial charge in [-0.15, -0.1) is 0 Å². The van der Waals surface area contributed by atoms with Crippen molar-refractivity contribution in [2.75, 3.05) is 5.73 Å². The molecule has 0 aliphatic rings. The highest BCUT2D eigenvalue weighted by molar-refractivity contribution is 9.10. The molecule has 0 aliphatic carbocycles. The SMILES string of the molecule is Nc1cc(CC(OC=O)c2cccc(Br)c2)n[nH]1. The number of nitrogen functional groups attached to an aromatic ring is 1. The maximum Gasteiger partial charge on any atom is 0.293 e. The smallest absolute Gasteiger partial charge is 0.293 e. The van der Waals surface area contributed by atoms with E-state index >= 15 is 0 Å². The van der Waals surface area contributed by atoms with Gasteiger partial charge in [-0.3, -0.25) is 9.89 Å². The van der Waals surface area contributed by atoms with Crippen molar-refractivity contribution in [3.63, 3.8) is 0 Å². The number of aromatic amines is 1. The van der Waals surface area contributed by atoms with Gasteiger partial charge in [-0.05, 0) is 17.7 Å². The van der Waals surface area contributed by atoms with Crippen molar-refractivity contribution in [1.29, 1.82) is 0 Å². The predicted molar refractivity (Wildman–Crippen MR) is 70.7 cm³/mol. The lowest BCUT2D eigenvalue weighted by molar-refractivity contribution is -0.133. The second-order valence-electron chi connectivity index (χ2n) is 3.79. The second kappa shape index (κ2) is 5.68. The van der Waals surface area contributed by atoms with Crippen LogP contribution < -0.4 is 5.73 Å². The van der Waals surface area contributed by atoms with Gasteiger partial charge in [0, 0.05) is 17.0 Å². The van der Waals surface area contributed by atoms with Crippen LogP contribution in [0, 0.1) is 0 Å². The van der Waals surface area contributed by atoms with E-state index in [1.54, 1.807) is 6.07 Å². The molecular weight excluding hydrogens is 298 g/mol. The lowest BCUT2D eigenvalue weighted by Gasteiger charge is -2.14. The predicted octanol–water partition coefficient (Wildman–Crippen LogP) is 2.21. The number of hydrogen-bond acceptors (Lipinski definition) is 4. The number of nitrogens with zero attached hydrogens (tertiary/aromatic N) is 1. The van der Waals surface area contributed by atoms with Gasteiger partial charge >= 0.3 is 0 Å². The summed E-state index contributed by atoms with van der Waals surface area (Å²) in [5.74, 6) is 0.490. The standard InChI is InChI=1S/C12H12BrN3O2/c13-9-3-1-2-8(4-9)11(18-7-17)5-10-6-12(14)16-15-10/h1-4,6-7,11H,5H2,(H3,14,15,16). The summed E-state index contributed by atoms with van der Waals surface area (Å²) in [7, 11) is 0. The van der Waals surface area contributed by atoms with Crippen molar-refractivity contribution < 1.29 is 9.53 Å². The fourth-order valence-electron chi connectivity index (χ4n) is 1.69. The highest BCUT2D eigenvalue weighted by Gasteiger charge is 2.15. The van der Waals surface area contributed by atoms with Gasteiger partial charge in [-0.1, -0.05) is 28.1 Å². The zero-order valence-corrected chi connectivity index (χ0v) is 11.1. The number of carbonyl (C=O) groups excluding carboxylic acids is 1. The minimum absolute atomic E-state index is 0.373. The molecule has 0 bridgehead atoms. The Labute approximate surface area is 112 Å². The van der Waals surface area contributed by atoms with E-state index in [0.717, 1.165) is 15.7 Å². The number of hydrogen-bond donors (Lipinski definition) is 2. The summed E-state index contributed by atoms with van der Waals surface area (Å²) in [6.45, 7) is 0.446. The molecule has 1 heterocycles. The first-order chi connectivity index (χ1) is 8.69. The van der Waals surface area contributed by atoms with Crippen LogP contribution in [-0.2, 0) is 16.0 Å². The Bertz CT molecular complexity index is 542. The lowest BCUT2D eigenvalue weighted by Crippen LogP contribution is -2.07. The van der Waals surface area contributed by atoms with Crippen molar-refractivity contribution in [3.8, 4) is 0 Å². The summed E-state index contributed by atoms with van der Waals surface area (Å²) in [4.78, 5) is 10.6. The topological polar surface area (TPSA) is 81.0 Å². The molecule has 0 radical (unpaired) electrons. The van der Waals surface area contributed by atoms with E-state index in [0.29, 0.717) is 18.7 Å². The molecule has 2 aromatic rings. The molecule has 1 aromatic heterocycles. The second-order valence-corrected chi connectivity index (χ2v) is 4.71. The maximum absolute atomic E-state index is 10.6. The molecular formula is C12H12BrN3O2. The highest BCUT2D eigenvalue weighted by atomic mass is 79.9. The average Bonchev–Trinajstić information content (AvgIpc) is 2.74. The molecule has 18 heavy (non-hydrogen) atoms. The summed E-state index contributed by atoms with van der Waals surface area (Å²) in [6, 6.07) is 9.33. The van der Waals surface area contributed by atoms with Crippen molar-refractivity contribution >= 4 is 28.2 Å². The average molecular weight is 310 g/mol.